The molecule has 3 N–H and O–H groups in total. The van der Waals surface area contributed by atoms with Crippen molar-refractivity contribution in [1.29, 1.82) is 0 Å². The summed E-state index contributed by atoms with van der Waals surface area (Å²) in [6.07, 6.45) is -4.92. The van der Waals surface area contributed by atoms with Crippen LogP contribution >= 0.6 is 0 Å². The molecule has 0 aromatic heterocycles. The number of carbonyl (C=O) groups excluding carboxylic acids is 2. The van der Waals surface area contributed by atoms with Crippen molar-refractivity contribution in [3.8, 4) is 0 Å². The van der Waals surface area contributed by atoms with Crippen molar-refractivity contribution < 1.29 is 38.5 Å². The van der Waals surface area contributed by atoms with E-state index < -0.39 is 28.3 Å². The van der Waals surface area contributed by atoms with E-state index in [1.807, 2.05) is 0 Å². The highest BCUT2D eigenvalue weighted by Crippen LogP contribution is 2.37. The van der Waals surface area contributed by atoms with Gasteiger partial charge >= 0.3 is 6.18 Å². The van der Waals surface area contributed by atoms with Crippen LogP contribution in [0.5, 0.6) is 0 Å². The minimum absolute atomic E-state index is 0.0254. The SMILES string of the molecule is CC(=O)[O-].[NH3+]CCN1CCN2C(=O)CN(c3ccc(C(F)(F)F)cc3[N+](=O)[O-])CC12. The smallest absolute Gasteiger partial charge is 0.416 e. The summed E-state index contributed by atoms with van der Waals surface area (Å²) in [5, 5.41) is 20.2. The number of halogens is 3. The number of anilines is 1. The van der Waals surface area contributed by atoms with Gasteiger partial charge in [0.25, 0.3) is 5.69 Å². The number of carbonyl (C=O) groups is 2. The lowest BCUT2D eigenvalue weighted by atomic mass is 10.1. The van der Waals surface area contributed by atoms with Crippen LogP contribution in [-0.4, -0.2) is 72.0 Å². The average Bonchev–Trinajstić information content (AvgIpc) is 3.04. The van der Waals surface area contributed by atoms with E-state index in [1.54, 1.807) is 4.90 Å². The number of carboxylic acids is 1. The van der Waals surface area contributed by atoms with E-state index in [2.05, 4.69) is 10.6 Å². The Kier molecular flexibility index (Phi) is 7.21. The van der Waals surface area contributed by atoms with E-state index >= 15 is 0 Å². The van der Waals surface area contributed by atoms with Crippen LogP contribution in [0, 0.1) is 10.1 Å². The maximum atomic E-state index is 12.9. The standard InChI is InChI=1S/C15H18F3N5O3.C2H4O2/c16-15(17,18)10-1-2-11(12(7-10)23(25)26)21-8-13-20(4-3-19)5-6-22(13)14(24)9-21;1-2(3)4/h1-2,7,13H,3-6,8-9,19H2;1H3,(H,3,4). The molecular weight excluding hydrogens is 411 g/mol. The lowest BCUT2D eigenvalue weighted by Gasteiger charge is -2.40. The van der Waals surface area contributed by atoms with Crippen LogP contribution in [0.25, 0.3) is 0 Å². The van der Waals surface area contributed by atoms with Crippen molar-refractivity contribution in [2.45, 2.75) is 19.3 Å². The van der Waals surface area contributed by atoms with E-state index in [1.165, 1.54) is 4.90 Å². The van der Waals surface area contributed by atoms with E-state index in [0.29, 0.717) is 38.8 Å². The number of carboxylic acid groups (broad SMARTS) is 1. The molecule has 30 heavy (non-hydrogen) atoms. The molecule has 2 saturated heterocycles. The second kappa shape index (κ2) is 9.26. The molecule has 2 aliphatic heterocycles. The number of fused-ring (bicyclic) bond motifs is 1. The first-order chi connectivity index (χ1) is 14.0. The molecule has 2 fully saturated rings. The van der Waals surface area contributed by atoms with Gasteiger partial charge in [0.2, 0.25) is 5.91 Å². The van der Waals surface area contributed by atoms with Crippen LogP contribution in [0.2, 0.25) is 0 Å². The summed E-state index contributed by atoms with van der Waals surface area (Å²) in [6.45, 7) is 3.77. The highest BCUT2D eigenvalue weighted by Gasteiger charge is 2.42. The first kappa shape index (κ1) is 23.3. The minimum Gasteiger partial charge on any atom is -0.550 e. The van der Waals surface area contributed by atoms with Crippen LogP contribution < -0.4 is 15.7 Å². The van der Waals surface area contributed by atoms with Gasteiger partial charge in [0.05, 0.1) is 30.1 Å². The third-order valence-electron chi connectivity index (χ3n) is 4.72. The molecule has 2 aliphatic rings. The highest BCUT2D eigenvalue weighted by atomic mass is 19.4. The van der Waals surface area contributed by atoms with Crippen molar-refractivity contribution >= 4 is 23.3 Å². The van der Waals surface area contributed by atoms with Crippen molar-refractivity contribution in [3.05, 3.63) is 33.9 Å². The topological polar surface area (TPSA) is 138 Å². The van der Waals surface area contributed by atoms with Crippen molar-refractivity contribution in [2.75, 3.05) is 44.2 Å². The molecule has 0 bridgehead atoms. The Morgan fingerprint density at radius 3 is 2.50 bits per heavy atom. The van der Waals surface area contributed by atoms with E-state index in [4.69, 9.17) is 9.90 Å². The zero-order valence-corrected chi connectivity index (χ0v) is 16.2. The maximum Gasteiger partial charge on any atom is 0.416 e. The summed E-state index contributed by atoms with van der Waals surface area (Å²) >= 11 is 0. The van der Waals surface area contributed by atoms with Crippen molar-refractivity contribution in [1.82, 2.24) is 9.80 Å². The van der Waals surface area contributed by atoms with Gasteiger partial charge in [0.1, 0.15) is 11.9 Å². The maximum absolute atomic E-state index is 12.9. The molecule has 1 aromatic rings. The fraction of sp³-hybridized carbons (Fsp3) is 0.529. The van der Waals surface area contributed by atoms with Gasteiger partial charge in [-0.25, -0.2) is 0 Å². The molecule has 1 aromatic carbocycles. The third-order valence-corrected chi connectivity index (χ3v) is 4.72. The number of piperazine rings is 1. The van der Waals surface area contributed by atoms with Crippen molar-refractivity contribution in [3.63, 3.8) is 0 Å². The lowest BCUT2D eigenvalue weighted by molar-refractivity contribution is -0.384. The van der Waals surface area contributed by atoms with Crippen LogP contribution in [-0.2, 0) is 15.8 Å². The Labute approximate surface area is 169 Å². The second-order valence-electron chi connectivity index (χ2n) is 6.79. The Morgan fingerprint density at radius 1 is 1.33 bits per heavy atom. The normalized spacial score (nSPS) is 19.2. The lowest BCUT2D eigenvalue weighted by Crippen LogP contribution is -2.61. The van der Waals surface area contributed by atoms with Crippen LogP contribution in [0.1, 0.15) is 12.5 Å². The van der Waals surface area contributed by atoms with Gasteiger partial charge in [0.15, 0.2) is 0 Å². The molecule has 1 amide bonds. The number of hydrogen-bond acceptors (Lipinski definition) is 7. The predicted octanol–water partition coefficient (Wildman–Crippen LogP) is -1.10. The number of rotatable bonds is 4. The van der Waals surface area contributed by atoms with E-state index in [9.17, 15) is 28.1 Å². The molecule has 0 spiro atoms. The van der Waals surface area contributed by atoms with Crippen LogP contribution in [0.4, 0.5) is 24.5 Å². The number of benzene rings is 1. The Bertz CT molecular complexity index is 815. The van der Waals surface area contributed by atoms with Gasteiger partial charge in [-0.05, 0) is 19.1 Å². The van der Waals surface area contributed by atoms with Gasteiger partial charge in [0, 0.05) is 31.7 Å². The number of nitro groups is 1. The van der Waals surface area contributed by atoms with Gasteiger partial charge in [-0.3, -0.25) is 19.8 Å². The quantitative estimate of drug-likeness (QED) is 0.470. The number of nitro benzene ring substituents is 1. The Balaban J connectivity index is 0.000000735. The predicted molar refractivity (Wildman–Crippen MR) is 95.8 cm³/mol. The summed E-state index contributed by atoms with van der Waals surface area (Å²) in [7, 11) is 0. The number of aliphatic carboxylic acids is 1. The molecule has 3 rings (SSSR count). The molecule has 1 unspecified atom stereocenters. The summed E-state index contributed by atoms with van der Waals surface area (Å²) in [6, 6.07) is 2.40. The van der Waals surface area contributed by atoms with Crippen LogP contribution in [0.15, 0.2) is 18.2 Å². The highest BCUT2D eigenvalue weighted by molar-refractivity contribution is 5.85. The molecular formula is C17H22F3N5O5. The zero-order chi connectivity index (χ0) is 22.6. The summed E-state index contributed by atoms with van der Waals surface area (Å²) < 4.78 is 38.6. The number of hydrogen-bond donors (Lipinski definition) is 1. The molecule has 13 heteroatoms. The van der Waals surface area contributed by atoms with Crippen LogP contribution in [0.3, 0.4) is 0 Å². The summed E-state index contributed by atoms with van der Waals surface area (Å²) in [5.74, 6) is -1.28. The van der Waals surface area contributed by atoms with Crippen molar-refractivity contribution in [2.24, 2.45) is 0 Å². The summed E-state index contributed by atoms with van der Waals surface area (Å²) in [4.78, 5) is 37.0. The number of alkyl halides is 3. The number of quaternary nitrogens is 1. The zero-order valence-electron chi connectivity index (χ0n) is 16.2. The largest absolute Gasteiger partial charge is 0.550 e. The molecule has 0 aliphatic carbocycles. The second-order valence-corrected chi connectivity index (χ2v) is 6.79. The number of nitrogens with zero attached hydrogens (tertiary/aromatic N) is 4. The molecule has 10 nitrogen and oxygen atoms in total. The molecule has 166 valence electrons. The average molecular weight is 433 g/mol. The first-order valence-corrected chi connectivity index (χ1v) is 9.06. The molecule has 0 radical (unpaired) electrons. The third kappa shape index (κ3) is 5.36. The van der Waals surface area contributed by atoms with E-state index in [-0.39, 0.29) is 24.3 Å². The summed E-state index contributed by atoms with van der Waals surface area (Å²) in [5.41, 5.74) is 2.09. The van der Waals surface area contributed by atoms with E-state index in [0.717, 1.165) is 19.1 Å². The minimum atomic E-state index is -4.67. The molecule has 0 saturated carbocycles. The van der Waals surface area contributed by atoms with Gasteiger partial charge in [-0.15, -0.1) is 0 Å². The molecule has 2 heterocycles. The first-order valence-electron chi connectivity index (χ1n) is 9.06. The number of amides is 1. The fourth-order valence-electron chi connectivity index (χ4n) is 3.51. The van der Waals surface area contributed by atoms with Gasteiger partial charge < -0.3 is 25.4 Å². The monoisotopic (exact) mass is 433 g/mol. The van der Waals surface area contributed by atoms with Gasteiger partial charge in [-0.1, -0.05) is 0 Å². The Morgan fingerprint density at radius 2 is 1.97 bits per heavy atom. The Hall–Kier alpha value is -2.93. The fourth-order valence-corrected chi connectivity index (χ4v) is 3.51. The van der Waals surface area contributed by atoms with Gasteiger partial charge in [-0.2, -0.15) is 13.2 Å². The molecule has 1 atom stereocenters.